The number of aromatic nitrogens is 2. The van der Waals surface area contributed by atoms with Crippen LogP contribution in [0.2, 0.25) is 0 Å². The molecule has 3 rings (SSSR count). The quantitative estimate of drug-likeness (QED) is 0.608. The summed E-state index contributed by atoms with van der Waals surface area (Å²) in [4.78, 5) is 24.8. The third-order valence-electron chi connectivity index (χ3n) is 4.50. The number of nitrogens with zero attached hydrogens (tertiary/aromatic N) is 2. The van der Waals surface area contributed by atoms with Gasteiger partial charge in [0, 0.05) is 17.3 Å². The summed E-state index contributed by atoms with van der Waals surface area (Å²) in [5.74, 6) is -1.62. The van der Waals surface area contributed by atoms with Crippen LogP contribution >= 0.6 is 0 Å². The van der Waals surface area contributed by atoms with E-state index < -0.39 is 35.1 Å². The number of amides is 1. The molecule has 1 aromatic heterocycles. The minimum Gasteiger partial charge on any atom is -0.497 e. The van der Waals surface area contributed by atoms with Crippen molar-refractivity contribution in [1.82, 2.24) is 9.78 Å². The molecule has 1 amide bonds. The molecule has 0 fully saturated rings. The number of halogens is 4. The van der Waals surface area contributed by atoms with Gasteiger partial charge in [0.15, 0.2) is 0 Å². The van der Waals surface area contributed by atoms with Crippen molar-refractivity contribution < 1.29 is 27.1 Å². The molecule has 0 saturated heterocycles. The zero-order valence-electron chi connectivity index (χ0n) is 16.4. The number of carbonyl (C=O) groups excluding carboxylic acids is 1. The number of alkyl halides is 3. The summed E-state index contributed by atoms with van der Waals surface area (Å²) in [6.45, 7) is 1.37. The second-order valence-corrected chi connectivity index (χ2v) is 6.59. The van der Waals surface area contributed by atoms with E-state index in [0.717, 1.165) is 10.7 Å². The van der Waals surface area contributed by atoms with Crippen molar-refractivity contribution in [2.45, 2.75) is 19.1 Å². The van der Waals surface area contributed by atoms with Gasteiger partial charge in [0.05, 0.1) is 18.4 Å². The maximum Gasteiger partial charge on any atom is 0.419 e. The van der Waals surface area contributed by atoms with Crippen molar-refractivity contribution in [2.24, 2.45) is 0 Å². The standard InChI is InChI=1S/C21H17F4N3O3/c1-12(20(30)26-14-5-8-17(22)16(11-14)21(23,24)25)28-19(29)10-9-18(27-28)13-3-6-15(31-2)7-4-13/h3-12H,1-2H3,(H,26,30). The molecule has 3 aromatic rings. The Labute approximate surface area is 174 Å². The fraction of sp³-hybridized carbons (Fsp3) is 0.190. The van der Waals surface area contributed by atoms with Crippen LogP contribution in [-0.4, -0.2) is 22.8 Å². The summed E-state index contributed by atoms with van der Waals surface area (Å²) < 4.78 is 58.1. The number of carbonyl (C=O) groups is 1. The first-order chi connectivity index (χ1) is 14.6. The number of ether oxygens (including phenoxy) is 1. The van der Waals surface area contributed by atoms with Crippen LogP contribution in [0.4, 0.5) is 23.2 Å². The molecular weight excluding hydrogens is 418 g/mol. The summed E-state index contributed by atoms with van der Waals surface area (Å²) in [5.41, 5.74) is -1.27. The van der Waals surface area contributed by atoms with Crippen LogP contribution in [0.3, 0.4) is 0 Å². The van der Waals surface area contributed by atoms with Crippen molar-refractivity contribution in [3.05, 3.63) is 76.3 Å². The van der Waals surface area contributed by atoms with Gasteiger partial charge in [-0.1, -0.05) is 0 Å². The minimum absolute atomic E-state index is 0.259. The van der Waals surface area contributed by atoms with Crippen molar-refractivity contribution >= 4 is 11.6 Å². The number of hydrogen-bond acceptors (Lipinski definition) is 4. The molecule has 6 nitrogen and oxygen atoms in total. The molecular formula is C21H17F4N3O3. The Morgan fingerprint density at radius 1 is 1.10 bits per heavy atom. The minimum atomic E-state index is -4.92. The van der Waals surface area contributed by atoms with E-state index in [9.17, 15) is 27.2 Å². The summed E-state index contributed by atoms with van der Waals surface area (Å²) in [6, 6.07) is 10.5. The van der Waals surface area contributed by atoms with Crippen LogP contribution < -0.4 is 15.6 Å². The highest BCUT2D eigenvalue weighted by Crippen LogP contribution is 2.33. The number of hydrogen-bond donors (Lipinski definition) is 1. The molecule has 2 aromatic carbocycles. The molecule has 0 spiro atoms. The van der Waals surface area contributed by atoms with Gasteiger partial charge in [0.1, 0.15) is 17.6 Å². The molecule has 31 heavy (non-hydrogen) atoms. The molecule has 0 aliphatic rings. The molecule has 0 bridgehead atoms. The van der Waals surface area contributed by atoms with Crippen LogP contribution in [-0.2, 0) is 11.0 Å². The van der Waals surface area contributed by atoms with Crippen molar-refractivity contribution in [2.75, 3.05) is 12.4 Å². The lowest BCUT2D eigenvalue weighted by Crippen LogP contribution is -2.33. The SMILES string of the molecule is COc1ccc(-c2ccc(=O)n(C(C)C(=O)Nc3ccc(F)c(C(F)(F)F)c3)n2)cc1. The second kappa shape index (κ2) is 8.58. The van der Waals surface area contributed by atoms with Gasteiger partial charge in [-0.05, 0) is 55.5 Å². The predicted molar refractivity (Wildman–Crippen MR) is 105 cm³/mol. The van der Waals surface area contributed by atoms with Crippen molar-refractivity contribution in [1.29, 1.82) is 0 Å². The van der Waals surface area contributed by atoms with Gasteiger partial charge in [0.25, 0.3) is 5.56 Å². The Morgan fingerprint density at radius 3 is 2.39 bits per heavy atom. The van der Waals surface area contributed by atoms with E-state index in [1.165, 1.54) is 26.2 Å². The van der Waals surface area contributed by atoms with Gasteiger partial charge in [-0.2, -0.15) is 18.3 Å². The monoisotopic (exact) mass is 435 g/mol. The van der Waals surface area contributed by atoms with E-state index >= 15 is 0 Å². The molecule has 10 heteroatoms. The maximum absolute atomic E-state index is 13.4. The zero-order chi connectivity index (χ0) is 22.8. The van der Waals surface area contributed by atoms with E-state index in [1.807, 2.05) is 0 Å². The van der Waals surface area contributed by atoms with E-state index in [0.29, 0.717) is 29.1 Å². The average molecular weight is 435 g/mol. The predicted octanol–water partition coefficient (Wildman–Crippen LogP) is 4.28. The van der Waals surface area contributed by atoms with Crippen LogP contribution in [0.25, 0.3) is 11.3 Å². The highest BCUT2D eigenvalue weighted by atomic mass is 19.4. The Balaban J connectivity index is 1.86. The fourth-order valence-electron chi connectivity index (χ4n) is 2.80. The summed E-state index contributed by atoms with van der Waals surface area (Å²) in [6.07, 6.45) is -4.92. The Morgan fingerprint density at radius 2 is 1.77 bits per heavy atom. The molecule has 162 valence electrons. The normalized spacial score (nSPS) is 12.3. The Kier molecular flexibility index (Phi) is 6.09. The number of anilines is 1. The number of nitrogens with one attached hydrogen (secondary N) is 1. The largest absolute Gasteiger partial charge is 0.497 e. The van der Waals surface area contributed by atoms with Crippen LogP contribution in [0, 0.1) is 5.82 Å². The first-order valence-corrected chi connectivity index (χ1v) is 9.02. The molecule has 0 saturated carbocycles. The van der Waals surface area contributed by atoms with Crippen molar-refractivity contribution in [3.8, 4) is 17.0 Å². The van der Waals surface area contributed by atoms with Crippen LogP contribution in [0.1, 0.15) is 18.5 Å². The van der Waals surface area contributed by atoms with E-state index in [4.69, 9.17) is 4.74 Å². The second-order valence-electron chi connectivity index (χ2n) is 6.59. The van der Waals surface area contributed by atoms with E-state index in [1.54, 1.807) is 24.3 Å². The third-order valence-corrected chi connectivity index (χ3v) is 4.50. The zero-order valence-corrected chi connectivity index (χ0v) is 16.4. The van der Waals surface area contributed by atoms with Gasteiger partial charge >= 0.3 is 6.18 Å². The van der Waals surface area contributed by atoms with E-state index in [-0.39, 0.29) is 5.69 Å². The lowest BCUT2D eigenvalue weighted by Gasteiger charge is -2.16. The highest BCUT2D eigenvalue weighted by Gasteiger charge is 2.34. The highest BCUT2D eigenvalue weighted by molar-refractivity contribution is 5.93. The molecule has 0 radical (unpaired) electrons. The van der Waals surface area contributed by atoms with Gasteiger partial charge < -0.3 is 10.1 Å². The van der Waals surface area contributed by atoms with Crippen molar-refractivity contribution in [3.63, 3.8) is 0 Å². The molecule has 1 atom stereocenters. The van der Waals surface area contributed by atoms with Crippen LogP contribution in [0.15, 0.2) is 59.4 Å². The molecule has 0 aliphatic heterocycles. The summed E-state index contributed by atoms with van der Waals surface area (Å²) in [7, 11) is 1.52. The third kappa shape index (κ3) is 4.90. The van der Waals surface area contributed by atoms with E-state index in [2.05, 4.69) is 10.4 Å². The molecule has 1 N–H and O–H groups in total. The fourth-order valence-corrected chi connectivity index (χ4v) is 2.80. The molecule has 1 unspecified atom stereocenters. The Bertz CT molecular complexity index is 1160. The Hall–Kier alpha value is -3.69. The summed E-state index contributed by atoms with van der Waals surface area (Å²) in [5, 5.41) is 6.45. The molecule has 0 aliphatic carbocycles. The lowest BCUT2D eigenvalue weighted by molar-refractivity contribution is -0.140. The first kappa shape index (κ1) is 22.0. The maximum atomic E-state index is 13.4. The topological polar surface area (TPSA) is 73.2 Å². The number of rotatable bonds is 5. The van der Waals surface area contributed by atoms with Gasteiger partial charge in [-0.25, -0.2) is 9.07 Å². The molecule has 1 heterocycles. The number of methoxy groups -OCH3 is 1. The first-order valence-electron chi connectivity index (χ1n) is 9.02. The average Bonchev–Trinajstić information content (AvgIpc) is 2.74. The van der Waals surface area contributed by atoms with Gasteiger partial charge in [0.2, 0.25) is 5.91 Å². The van der Waals surface area contributed by atoms with Gasteiger partial charge in [-0.3, -0.25) is 9.59 Å². The van der Waals surface area contributed by atoms with Crippen LogP contribution in [0.5, 0.6) is 5.75 Å². The number of benzene rings is 2. The van der Waals surface area contributed by atoms with Gasteiger partial charge in [-0.15, -0.1) is 0 Å². The summed E-state index contributed by atoms with van der Waals surface area (Å²) >= 11 is 0. The smallest absolute Gasteiger partial charge is 0.419 e. The lowest BCUT2D eigenvalue weighted by atomic mass is 10.1.